The average Bonchev–Trinajstić information content (AvgIpc) is 3.02. The van der Waals surface area contributed by atoms with E-state index in [0.29, 0.717) is 6.61 Å². The highest BCUT2D eigenvalue weighted by Crippen LogP contribution is 2.17. The number of hydrogen-bond acceptors (Lipinski definition) is 6. The standard InChI is InChI=1S/C11H17N5OS/c1-3-5-17-9-6-13-16(8-9)11-15-14-10(18-11)7-12-4-2/h6,8,12H,3-5,7H2,1-2H3. The second-order valence-corrected chi connectivity index (χ2v) is 4.77. The van der Waals surface area contributed by atoms with Crippen molar-refractivity contribution in [3.8, 4) is 10.9 Å². The van der Waals surface area contributed by atoms with Crippen molar-refractivity contribution in [3.05, 3.63) is 17.4 Å². The van der Waals surface area contributed by atoms with Gasteiger partial charge in [0.05, 0.1) is 19.0 Å². The molecule has 0 saturated carbocycles. The molecule has 2 aromatic heterocycles. The van der Waals surface area contributed by atoms with Gasteiger partial charge in [0.15, 0.2) is 5.75 Å². The summed E-state index contributed by atoms with van der Waals surface area (Å²) in [5.74, 6) is 0.764. The summed E-state index contributed by atoms with van der Waals surface area (Å²) in [6, 6.07) is 0. The maximum Gasteiger partial charge on any atom is 0.232 e. The Kier molecular flexibility index (Phi) is 4.66. The van der Waals surface area contributed by atoms with Gasteiger partial charge >= 0.3 is 0 Å². The number of aromatic nitrogens is 4. The van der Waals surface area contributed by atoms with Crippen molar-refractivity contribution in [1.82, 2.24) is 25.3 Å². The zero-order chi connectivity index (χ0) is 12.8. The van der Waals surface area contributed by atoms with Crippen LogP contribution in [-0.2, 0) is 6.54 Å². The minimum atomic E-state index is 0.702. The minimum absolute atomic E-state index is 0.702. The second kappa shape index (κ2) is 6.46. The van der Waals surface area contributed by atoms with Crippen molar-refractivity contribution in [2.24, 2.45) is 0 Å². The predicted octanol–water partition coefficient (Wildman–Crippen LogP) is 1.62. The van der Waals surface area contributed by atoms with E-state index in [1.165, 1.54) is 11.3 Å². The fourth-order valence-electron chi connectivity index (χ4n) is 1.35. The van der Waals surface area contributed by atoms with Gasteiger partial charge in [-0.25, -0.2) is 4.68 Å². The highest BCUT2D eigenvalue weighted by Gasteiger charge is 2.07. The summed E-state index contributed by atoms with van der Waals surface area (Å²) in [6.45, 7) is 6.50. The molecule has 0 atom stereocenters. The molecule has 0 radical (unpaired) electrons. The summed E-state index contributed by atoms with van der Waals surface area (Å²) in [6.07, 6.45) is 4.51. The molecule has 6 nitrogen and oxygen atoms in total. The zero-order valence-corrected chi connectivity index (χ0v) is 11.4. The third-order valence-electron chi connectivity index (χ3n) is 2.21. The molecular formula is C11H17N5OS. The molecule has 0 aliphatic rings. The molecule has 98 valence electrons. The fourth-order valence-corrected chi connectivity index (χ4v) is 2.09. The van der Waals surface area contributed by atoms with E-state index >= 15 is 0 Å². The van der Waals surface area contributed by atoms with E-state index in [1.54, 1.807) is 10.9 Å². The van der Waals surface area contributed by atoms with Gasteiger partial charge in [0.1, 0.15) is 5.01 Å². The molecule has 0 aliphatic carbocycles. The Morgan fingerprint density at radius 1 is 1.39 bits per heavy atom. The Balaban J connectivity index is 2.01. The van der Waals surface area contributed by atoms with Crippen molar-refractivity contribution >= 4 is 11.3 Å². The molecule has 2 aromatic rings. The highest BCUT2D eigenvalue weighted by molar-refractivity contribution is 7.13. The Morgan fingerprint density at radius 3 is 3.06 bits per heavy atom. The van der Waals surface area contributed by atoms with Gasteiger partial charge in [-0.1, -0.05) is 25.2 Å². The maximum absolute atomic E-state index is 5.49. The lowest BCUT2D eigenvalue weighted by atomic mass is 10.5. The van der Waals surface area contributed by atoms with Gasteiger partial charge in [0, 0.05) is 6.54 Å². The molecule has 0 aliphatic heterocycles. The summed E-state index contributed by atoms with van der Waals surface area (Å²) in [7, 11) is 0. The smallest absolute Gasteiger partial charge is 0.232 e. The number of nitrogens with one attached hydrogen (secondary N) is 1. The molecule has 7 heteroatoms. The summed E-state index contributed by atoms with van der Waals surface area (Å²) in [4.78, 5) is 0. The third-order valence-corrected chi connectivity index (χ3v) is 3.12. The lowest BCUT2D eigenvalue weighted by Crippen LogP contribution is -2.11. The van der Waals surface area contributed by atoms with Crippen molar-refractivity contribution < 1.29 is 4.74 Å². The highest BCUT2D eigenvalue weighted by atomic mass is 32.1. The van der Waals surface area contributed by atoms with E-state index in [0.717, 1.165) is 35.4 Å². The van der Waals surface area contributed by atoms with Crippen LogP contribution < -0.4 is 10.1 Å². The van der Waals surface area contributed by atoms with E-state index < -0.39 is 0 Å². The van der Waals surface area contributed by atoms with Crippen molar-refractivity contribution in [1.29, 1.82) is 0 Å². The molecule has 1 N–H and O–H groups in total. The van der Waals surface area contributed by atoms with E-state index in [4.69, 9.17) is 4.74 Å². The molecule has 0 amide bonds. The van der Waals surface area contributed by atoms with Crippen LogP contribution in [0.25, 0.3) is 5.13 Å². The molecule has 0 unspecified atom stereocenters. The Bertz CT molecular complexity index is 437. The second-order valence-electron chi connectivity index (χ2n) is 3.73. The van der Waals surface area contributed by atoms with Gasteiger partial charge < -0.3 is 10.1 Å². The number of ether oxygens (including phenoxy) is 1. The monoisotopic (exact) mass is 267 g/mol. The van der Waals surface area contributed by atoms with Crippen molar-refractivity contribution in [3.63, 3.8) is 0 Å². The van der Waals surface area contributed by atoms with Gasteiger partial charge in [-0.2, -0.15) is 5.10 Å². The number of rotatable bonds is 7. The van der Waals surface area contributed by atoms with Gasteiger partial charge in [0.25, 0.3) is 0 Å². The van der Waals surface area contributed by atoms with E-state index in [1.807, 2.05) is 6.20 Å². The molecule has 0 bridgehead atoms. The Morgan fingerprint density at radius 2 is 2.28 bits per heavy atom. The summed E-state index contributed by atoms with van der Waals surface area (Å²) in [5.41, 5.74) is 0. The van der Waals surface area contributed by atoms with E-state index in [2.05, 4.69) is 34.5 Å². The van der Waals surface area contributed by atoms with E-state index in [-0.39, 0.29) is 0 Å². The van der Waals surface area contributed by atoms with Crippen molar-refractivity contribution in [2.75, 3.05) is 13.2 Å². The van der Waals surface area contributed by atoms with Crippen LogP contribution in [0.3, 0.4) is 0 Å². The normalized spacial score (nSPS) is 10.8. The van der Waals surface area contributed by atoms with Crippen LogP contribution in [0.2, 0.25) is 0 Å². The van der Waals surface area contributed by atoms with Crippen LogP contribution in [0, 0.1) is 0 Å². The quantitative estimate of drug-likeness (QED) is 0.826. The summed E-state index contributed by atoms with van der Waals surface area (Å²) in [5, 5.41) is 17.4. The largest absolute Gasteiger partial charge is 0.490 e. The molecule has 2 rings (SSSR count). The summed E-state index contributed by atoms with van der Waals surface area (Å²) < 4.78 is 7.18. The van der Waals surface area contributed by atoms with Crippen LogP contribution >= 0.6 is 11.3 Å². The first-order chi connectivity index (χ1) is 8.83. The van der Waals surface area contributed by atoms with Gasteiger partial charge in [0.2, 0.25) is 5.13 Å². The molecule has 18 heavy (non-hydrogen) atoms. The number of nitrogens with zero attached hydrogens (tertiary/aromatic N) is 4. The average molecular weight is 267 g/mol. The minimum Gasteiger partial charge on any atom is -0.490 e. The number of hydrogen-bond donors (Lipinski definition) is 1. The van der Waals surface area contributed by atoms with Crippen LogP contribution in [0.5, 0.6) is 5.75 Å². The van der Waals surface area contributed by atoms with Crippen molar-refractivity contribution in [2.45, 2.75) is 26.8 Å². The van der Waals surface area contributed by atoms with E-state index in [9.17, 15) is 0 Å². The molecule has 0 fully saturated rings. The summed E-state index contributed by atoms with van der Waals surface area (Å²) >= 11 is 1.52. The van der Waals surface area contributed by atoms with Crippen LogP contribution in [0.1, 0.15) is 25.3 Å². The Labute approximate surface area is 110 Å². The molecule has 0 aromatic carbocycles. The Hall–Kier alpha value is -1.47. The first kappa shape index (κ1) is 13.0. The van der Waals surface area contributed by atoms with Gasteiger partial charge in [-0.05, 0) is 13.0 Å². The van der Waals surface area contributed by atoms with Gasteiger partial charge in [-0.3, -0.25) is 0 Å². The lowest BCUT2D eigenvalue weighted by molar-refractivity contribution is 0.317. The third kappa shape index (κ3) is 3.27. The lowest BCUT2D eigenvalue weighted by Gasteiger charge is -1.98. The molecule has 0 spiro atoms. The zero-order valence-electron chi connectivity index (χ0n) is 10.6. The van der Waals surface area contributed by atoms with Crippen LogP contribution in [0.4, 0.5) is 0 Å². The SMILES string of the molecule is CCCOc1cnn(-c2nnc(CNCC)s2)c1. The molecular weight excluding hydrogens is 250 g/mol. The fraction of sp³-hybridized carbons (Fsp3) is 0.545. The maximum atomic E-state index is 5.49. The first-order valence-corrected chi connectivity index (χ1v) is 6.86. The topological polar surface area (TPSA) is 64.9 Å². The van der Waals surface area contributed by atoms with Crippen LogP contribution in [-0.4, -0.2) is 33.1 Å². The predicted molar refractivity (Wildman–Crippen MR) is 70.2 cm³/mol. The van der Waals surface area contributed by atoms with Gasteiger partial charge in [-0.15, -0.1) is 10.2 Å². The molecule has 0 saturated heterocycles. The molecule has 2 heterocycles. The first-order valence-electron chi connectivity index (χ1n) is 6.04. The van der Waals surface area contributed by atoms with Crippen LogP contribution in [0.15, 0.2) is 12.4 Å².